The summed E-state index contributed by atoms with van der Waals surface area (Å²) < 4.78 is 31.9. The van der Waals surface area contributed by atoms with E-state index in [1.807, 2.05) is 10.9 Å². The molecule has 0 radical (unpaired) electrons. The van der Waals surface area contributed by atoms with E-state index in [9.17, 15) is 8.78 Å². The molecule has 5 heterocycles. The predicted octanol–water partition coefficient (Wildman–Crippen LogP) is 3.35. The minimum atomic E-state index is -2.96. The number of hydrogen-bond acceptors (Lipinski definition) is 6. The van der Waals surface area contributed by atoms with Gasteiger partial charge in [0, 0.05) is 48.4 Å². The number of anilines is 1. The molecule has 0 aliphatic carbocycles. The number of likely N-dealkylation sites (tertiary alicyclic amines) is 1. The average molecular weight is 429 g/mol. The molecule has 8 nitrogen and oxygen atoms in total. The minimum Gasteiger partial charge on any atom is -0.431 e. The molecular formula is C21H25F2N7O. The fraction of sp³-hybridized carbons (Fsp3) is 0.476. The number of pyridine rings is 1. The van der Waals surface area contributed by atoms with Gasteiger partial charge in [-0.3, -0.25) is 9.58 Å². The number of imidazole rings is 1. The van der Waals surface area contributed by atoms with Gasteiger partial charge in [0.25, 0.3) is 0 Å². The summed E-state index contributed by atoms with van der Waals surface area (Å²) in [7, 11) is 0. The van der Waals surface area contributed by atoms with Gasteiger partial charge in [-0.25, -0.2) is 9.97 Å². The largest absolute Gasteiger partial charge is 0.431 e. The Morgan fingerprint density at radius 3 is 2.84 bits per heavy atom. The molecular weight excluding hydrogens is 404 g/mol. The zero-order valence-electron chi connectivity index (χ0n) is 17.3. The maximum absolute atomic E-state index is 12.7. The van der Waals surface area contributed by atoms with E-state index >= 15 is 0 Å². The normalized spacial score (nSPS) is 21.8. The van der Waals surface area contributed by atoms with E-state index in [0.29, 0.717) is 11.3 Å². The summed E-state index contributed by atoms with van der Waals surface area (Å²) in [5, 5.41) is 4.73. The Kier molecular flexibility index (Phi) is 4.88. The first kappa shape index (κ1) is 19.9. The highest BCUT2D eigenvalue weighted by atomic mass is 19.3. The van der Waals surface area contributed by atoms with Crippen LogP contribution in [0.1, 0.15) is 43.7 Å². The first-order valence-electron chi connectivity index (χ1n) is 10.5. The lowest BCUT2D eigenvalue weighted by Crippen LogP contribution is -2.32. The summed E-state index contributed by atoms with van der Waals surface area (Å²) in [5.74, 6) is 0.806. The molecule has 3 aromatic rings. The Hall–Kier alpha value is -3.01. The van der Waals surface area contributed by atoms with Crippen LogP contribution in [0.25, 0.3) is 11.3 Å². The molecule has 10 heteroatoms. The zero-order chi connectivity index (χ0) is 21.6. The van der Waals surface area contributed by atoms with Gasteiger partial charge >= 0.3 is 6.61 Å². The highest BCUT2D eigenvalue weighted by Gasteiger charge is 2.47. The molecule has 0 amide bonds. The molecule has 2 aliphatic heterocycles. The van der Waals surface area contributed by atoms with Crippen molar-refractivity contribution in [3.8, 4) is 17.0 Å². The van der Waals surface area contributed by atoms with Crippen molar-refractivity contribution in [3.05, 3.63) is 42.2 Å². The summed E-state index contributed by atoms with van der Waals surface area (Å²) in [4.78, 5) is 14.2. The quantitative estimate of drug-likeness (QED) is 0.624. The zero-order valence-corrected chi connectivity index (χ0v) is 17.3. The summed E-state index contributed by atoms with van der Waals surface area (Å²) in [6.07, 6.45) is 8.29. The second-order valence-electron chi connectivity index (χ2n) is 8.27. The SMILES string of the molecule is CC[C@@H](c1ncc[nH]1)N1CCC2(CCn3nc(-c4cnc(N)c(OC(F)F)c4)cc32)C1. The summed E-state index contributed by atoms with van der Waals surface area (Å²) in [6, 6.07) is 3.80. The van der Waals surface area contributed by atoms with Crippen molar-refractivity contribution in [2.75, 3.05) is 18.8 Å². The second-order valence-corrected chi connectivity index (χ2v) is 8.27. The number of aryl methyl sites for hydroxylation is 1. The second kappa shape index (κ2) is 7.60. The molecule has 5 rings (SSSR count). The van der Waals surface area contributed by atoms with E-state index in [-0.39, 0.29) is 23.0 Å². The average Bonchev–Trinajstić information content (AvgIpc) is 3.52. The summed E-state index contributed by atoms with van der Waals surface area (Å²) in [5.41, 5.74) is 8.20. The summed E-state index contributed by atoms with van der Waals surface area (Å²) >= 11 is 0. The molecule has 2 aliphatic rings. The van der Waals surface area contributed by atoms with Crippen molar-refractivity contribution < 1.29 is 13.5 Å². The van der Waals surface area contributed by atoms with Gasteiger partial charge in [-0.1, -0.05) is 6.92 Å². The van der Waals surface area contributed by atoms with Gasteiger partial charge in [0.1, 0.15) is 5.82 Å². The predicted molar refractivity (Wildman–Crippen MR) is 111 cm³/mol. The molecule has 0 aromatic carbocycles. The third kappa shape index (κ3) is 3.44. The van der Waals surface area contributed by atoms with Crippen molar-refractivity contribution in [1.29, 1.82) is 0 Å². The van der Waals surface area contributed by atoms with Crippen molar-refractivity contribution in [1.82, 2.24) is 29.6 Å². The van der Waals surface area contributed by atoms with Gasteiger partial charge in [-0.15, -0.1) is 0 Å². The number of fused-ring (bicyclic) bond motifs is 2. The number of H-pyrrole nitrogens is 1. The molecule has 3 N–H and O–H groups in total. The van der Waals surface area contributed by atoms with E-state index < -0.39 is 6.61 Å². The highest BCUT2D eigenvalue weighted by molar-refractivity contribution is 5.64. The molecule has 0 bridgehead atoms. The van der Waals surface area contributed by atoms with E-state index in [1.165, 1.54) is 11.8 Å². The first-order valence-corrected chi connectivity index (χ1v) is 10.5. The number of aromatic nitrogens is 5. The van der Waals surface area contributed by atoms with Crippen LogP contribution >= 0.6 is 0 Å². The smallest absolute Gasteiger partial charge is 0.387 e. The fourth-order valence-corrected chi connectivity index (χ4v) is 5.06. The number of nitrogens with two attached hydrogens (primary N) is 1. The van der Waals surface area contributed by atoms with Crippen LogP contribution in [0.2, 0.25) is 0 Å². The van der Waals surface area contributed by atoms with Crippen molar-refractivity contribution in [2.45, 2.75) is 50.8 Å². The van der Waals surface area contributed by atoms with Crippen LogP contribution in [-0.4, -0.2) is 49.3 Å². The number of nitrogens with zero attached hydrogens (tertiary/aromatic N) is 5. The topological polar surface area (TPSA) is 97.9 Å². The third-order valence-electron chi connectivity index (χ3n) is 6.56. The number of nitrogens with one attached hydrogen (secondary N) is 1. The maximum Gasteiger partial charge on any atom is 0.387 e. The molecule has 1 saturated heterocycles. The number of rotatable bonds is 6. The fourth-order valence-electron chi connectivity index (χ4n) is 5.06. The van der Waals surface area contributed by atoms with Crippen LogP contribution in [0.3, 0.4) is 0 Å². The van der Waals surface area contributed by atoms with Crippen molar-refractivity contribution in [2.24, 2.45) is 0 Å². The molecule has 1 fully saturated rings. The molecule has 164 valence electrons. The number of aromatic amines is 1. The highest BCUT2D eigenvalue weighted by Crippen LogP contribution is 2.46. The minimum absolute atomic E-state index is 0.0365. The molecule has 1 unspecified atom stereocenters. The Balaban J connectivity index is 1.41. The maximum atomic E-state index is 12.7. The number of ether oxygens (including phenoxy) is 1. The Labute approximate surface area is 178 Å². The van der Waals surface area contributed by atoms with Crippen molar-refractivity contribution >= 4 is 5.82 Å². The van der Waals surface area contributed by atoms with Gasteiger partial charge in [0.05, 0.1) is 11.7 Å². The van der Waals surface area contributed by atoms with Crippen molar-refractivity contribution in [3.63, 3.8) is 0 Å². The van der Waals surface area contributed by atoms with E-state index in [2.05, 4.69) is 37.6 Å². The van der Waals surface area contributed by atoms with Crippen LogP contribution in [0, 0.1) is 0 Å². The monoisotopic (exact) mass is 429 g/mol. The lowest BCUT2D eigenvalue weighted by Gasteiger charge is -2.28. The molecule has 3 aromatic heterocycles. The van der Waals surface area contributed by atoms with E-state index in [1.54, 1.807) is 12.4 Å². The lowest BCUT2D eigenvalue weighted by molar-refractivity contribution is -0.0494. The van der Waals surface area contributed by atoms with Crippen LogP contribution in [-0.2, 0) is 12.0 Å². The summed E-state index contributed by atoms with van der Waals surface area (Å²) in [6.45, 7) is 2.00. The van der Waals surface area contributed by atoms with Crippen LogP contribution in [0.5, 0.6) is 5.75 Å². The first-order chi connectivity index (χ1) is 15.0. The Bertz CT molecular complexity index is 1070. The van der Waals surface area contributed by atoms with Crippen LogP contribution in [0.15, 0.2) is 30.7 Å². The van der Waals surface area contributed by atoms with Gasteiger partial charge < -0.3 is 15.5 Å². The number of nitrogen functional groups attached to an aromatic ring is 1. The standard InChI is InChI=1S/C21H25F2N7O/c1-2-15(19-25-5-6-26-19)29-7-3-21(12-29)4-8-30-17(21)10-14(28-30)13-9-16(31-20(22)23)18(24)27-11-13/h5-6,9-11,15,20H,2-4,7-8,12H2,1H3,(H2,24,27)(H,25,26)/t15-,21?/m0/s1. The van der Waals surface area contributed by atoms with Gasteiger partial charge in [0.2, 0.25) is 0 Å². The molecule has 1 spiro atoms. The van der Waals surface area contributed by atoms with E-state index in [4.69, 9.17) is 10.8 Å². The van der Waals surface area contributed by atoms with E-state index in [0.717, 1.165) is 44.7 Å². The molecule has 0 saturated carbocycles. The number of hydrogen-bond donors (Lipinski definition) is 2. The molecule has 31 heavy (non-hydrogen) atoms. The Morgan fingerprint density at radius 1 is 1.26 bits per heavy atom. The van der Waals surface area contributed by atoms with Gasteiger partial charge in [0.15, 0.2) is 11.6 Å². The van der Waals surface area contributed by atoms with Gasteiger partial charge in [-0.05, 0) is 37.9 Å². The molecule has 2 atom stereocenters. The number of alkyl halides is 2. The van der Waals surface area contributed by atoms with Crippen LogP contribution < -0.4 is 10.5 Å². The number of halogens is 2. The van der Waals surface area contributed by atoms with Crippen LogP contribution in [0.4, 0.5) is 14.6 Å². The lowest BCUT2D eigenvalue weighted by atomic mass is 9.82. The van der Waals surface area contributed by atoms with Gasteiger partial charge in [-0.2, -0.15) is 13.9 Å². The Morgan fingerprint density at radius 2 is 2.10 bits per heavy atom. The third-order valence-corrected chi connectivity index (χ3v) is 6.56.